The van der Waals surface area contributed by atoms with Gasteiger partial charge in [0.1, 0.15) is 23.3 Å². The number of nitrogens with zero attached hydrogens (tertiary/aromatic N) is 4. The Morgan fingerprint density at radius 3 is 2.58 bits per heavy atom. The molecule has 38 heavy (non-hydrogen) atoms. The topological polar surface area (TPSA) is 98.6 Å². The van der Waals surface area contributed by atoms with Crippen molar-refractivity contribution in [1.82, 2.24) is 15.2 Å². The molecule has 3 heterocycles. The molecule has 8 nitrogen and oxygen atoms in total. The second kappa shape index (κ2) is 8.44. The lowest BCUT2D eigenvalue weighted by Gasteiger charge is -2.26. The lowest BCUT2D eigenvalue weighted by atomic mass is 9.94. The summed E-state index contributed by atoms with van der Waals surface area (Å²) in [5.41, 5.74) is -3.80. The first kappa shape index (κ1) is 26.0. The minimum atomic E-state index is -4.67. The first-order valence-corrected chi connectivity index (χ1v) is 12.2. The molecule has 0 bridgehead atoms. The number of hydrogen-bond acceptors (Lipinski definition) is 6. The van der Waals surface area contributed by atoms with Gasteiger partial charge in [0.2, 0.25) is 5.91 Å². The molecule has 2 saturated heterocycles. The van der Waals surface area contributed by atoms with E-state index in [4.69, 9.17) is 4.74 Å². The number of pyridine rings is 1. The van der Waals surface area contributed by atoms with Crippen LogP contribution in [0.2, 0.25) is 0 Å². The maximum Gasteiger partial charge on any atom is 0.410 e. The molecule has 12 heteroatoms. The fraction of sp³-hybridized carbons (Fsp3) is 0.538. The summed E-state index contributed by atoms with van der Waals surface area (Å²) in [6, 6.07) is 7.25. The van der Waals surface area contributed by atoms with Crippen LogP contribution in [0.3, 0.4) is 0 Å². The normalized spacial score (nSPS) is 28.7. The average Bonchev–Trinajstić information content (AvgIpc) is 3.16. The highest BCUT2D eigenvalue weighted by molar-refractivity contribution is 5.97. The first-order valence-electron chi connectivity index (χ1n) is 12.2. The zero-order valence-corrected chi connectivity index (χ0v) is 21.1. The van der Waals surface area contributed by atoms with Crippen molar-refractivity contribution in [2.24, 2.45) is 10.8 Å². The highest BCUT2D eigenvalue weighted by Gasteiger charge is 2.86. The maximum absolute atomic E-state index is 14.8. The minimum absolute atomic E-state index is 0.202. The van der Waals surface area contributed by atoms with Gasteiger partial charge in [0.25, 0.3) is 0 Å². The molecular weight excluding hydrogens is 506 g/mol. The Hall–Kier alpha value is -3.62. The fourth-order valence-corrected chi connectivity index (χ4v) is 5.80. The van der Waals surface area contributed by atoms with Crippen molar-refractivity contribution in [3.63, 3.8) is 0 Å². The number of carbonyl (C=O) groups is 2. The van der Waals surface area contributed by atoms with E-state index in [1.807, 2.05) is 6.07 Å². The Morgan fingerprint density at radius 1 is 1.18 bits per heavy atom. The van der Waals surface area contributed by atoms with Crippen molar-refractivity contribution in [3.05, 3.63) is 36.0 Å². The van der Waals surface area contributed by atoms with Gasteiger partial charge in [-0.1, -0.05) is 0 Å². The van der Waals surface area contributed by atoms with Crippen LogP contribution >= 0.6 is 0 Å². The molecule has 2 aliphatic heterocycles. The number of anilines is 1. The molecule has 1 aliphatic carbocycles. The van der Waals surface area contributed by atoms with E-state index in [0.29, 0.717) is 16.6 Å². The van der Waals surface area contributed by atoms with Gasteiger partial charge in [-0.15, -0.1) is 0 Å². The van der Waals surface area contributed by atoms with Gasteiger partial charge in [0.05, 0.1) is 29.1 Å². The van der Waals surface area contributed by atoms with Crippen LogP contribution in [-0.4, -0.2) is 72.1 Å². The van der Waals surface area contributed by atoms with Gasteiger partial charge in [-0.05, 0) is 51.5 Å². The van der Waals surface area contributed by atoms with Crippen molar-refractivity contribution < 1.29 is 31.9 Å². The summed E-state index contributed by atoms with van der Waals surface area (Å²) in [6.45, 7) is 3.78. The third kappa shape index (κ3) is 3.99. The summed E-state index contributed by atoms with van der Waals surface area (Å²) >= 11 is 0. The molecule has 0 spiro atoms. The van der Waals surface area contributed by atoms with Crippen molar-refractivity contribution in [1.29, 1.82) is 5.26 Å². The molecule has 0 unspecified atom stereocenters. The molecule has 1 aromatic carbocycles. The van der Waals surface area contributed by atoms with E-state index in [1.165, 1.54) is 17.2 Å². The number of fused-ring (bicyclic) bond motifs is 2. The van der Waals surface area contributed by atoms with Gasteiger partial charge in [-0.2, -0.15) is 18.4 Å². The number of nitriles is 1. The van der Waals surface area contributed by atoms with Crippen LogP contribution in [-0.2, 0) is 9.53 Å². The van der Waals surface area contributed by atoms with Gasteiger partial charge >= 0.3 is 12.3 Å². The van der Waals surface area contributed by atoms with Crippen molar-refractivity contribution in [3.8, 4) is 6.07 Å². The molecule has 202 valence electrons. The molecular formula is C26H27F4N5O3. The van der Waals surface area contributed by atoms with E-state index in [1.54, 1.807) is 39.0 Å². The van der Waals surface area contributed by atoms with Gasteiger partial charge in [0.15, 0.2) is 0 Å². The summed E-state index contributed by atoms with van der Waals surface area (Å²) in [7, 11) is 0. The largest absolute Gasteiger partial charge is 0.444 e. The van der Waals surface area contributed by atoms with Gasteiger partial charge in [-0.3, -0.25) is 9.78 Å². The first-order chi connectivity index (χ1) is 17.7. The number of ether oxygens (including phenoxy) is 1. The van der Waals surface area contributed by atoms with E-state index in [2.05, 4.69) is 10.3 Å². The summed E-state index contributed by atoms with van der Waals surface area (Å²) < 4.78 is 63.3. The Kier molecular flexibility index (Phi) is 5.78. The zero-order valence-electron chi connectivity index (χ0n) is 21.1. The molecule has 3 aliphatic rings. The number of alkyl halides is 4. The van der Waals surface area contributed by atoms with E-state index in [-0.39, 0.29) is 25.2 Å². The number of carbonyl (C=O) groups excluding carboxylic acids is 2. The lowest BCUT2D eigenvalue weighted by molar-refractivity contribution is -0.191. The van der Waals surface area contributed by atoms with E-state index >= 15 is 0 Å². The second-order valence-electron chi connectivity index (χ2n) is 11.3. The molecule has 2 aromatic rings. The van der Waals surface area contributed by atoms with E-state index in [0.717, 1.165) is 4.90 Å². The highest BCUT2D eigenvalue weighted by Crippen LogP contribution is 2.75. The van der Waals surface area contributed by atoms with Crippen LogP contribution < -0.4 is 10.2 Å². The number of benzene rings is 1. The molecule has 5 rings (SSSR count). The van der Waals surface area contributed by atoms with Crippen LogP contribution in [0.15, 0.2) is 30.5 Å². The monoisotopic (exact) mass is 533 g/mol. The van der Waals surface area contributed by atoms with Crippen LogP contribution in [0, 0.1) is 22.2 Å². The SMILES string of the molecule is CC(C)(C)OC(=O)N1C[C@@H](F)[C@H](NC(=O)[C@]23CN(c4ccc(C#N)c5ncccc45)C[C@@]2(C(F)(F)F)C3)C1. The van der Waals surface area contributed by atoms with Gasteiger partial charge in [-0.25, -0.2) is 9.18 Å². The number of nitrogens with one attached hydrogen (secondary N) is 1. The summed E-state index contributed by atoms with van der Waals surface area (Å²) in [6.07, 6.45) is -5.98. The van der Waals surface area contributed by atoms with Gasteiger partial charge < -0.3 is 19.9 Å². The smallest absolute Gasteiger partial charge is 0.410 e. The predicted molar refractivity (Wildman–Crippen MR) is 129 cm³/mol. The number of aromatic nitrogens is 1. The molecule has 1 saturated carbocycles. The number of halogens is 4. The number of rotatable bonds is 3. The fourth-order valence-electron chi connectivity index (χ4n) is 5.80. The molecule has 1 aromatic heterocycles. The van der Waals surface area contributed by atoms with Crippen molar-refractivity contribution >= 4 is 28.6 Å². The number of amides is 2. The Labute approximate surface area is 216 Å². The average molecular weight is 534 g/mol. The van der Waals surface area contributed by atoms with Crippen LogP contribution in [0.1, 0.15) is 32.8 Å². The number of likely N-dealkylation sites (tertiary alicyclic amines) is 1. The Bertz CT molecular complexity index is 1350. The third-order valence-corrected chi connectivity index (χ3v) is 7.72. The Balaban J connectivity index is 1.39. The van der Waals surface area contributed by atoms with Crippen LogP contribution in [0.5, 0.6) is 0 Å². The zero-order chi connectivity index (χ0) is 27.7. The van der Waals surface area contributed by atoms with Crippen LogP contribution in [0.25, 0.3) is 10.9 Å². The number of hydrogen-bond donors (Lipinski definition) is 1. The predicted octanol–water partition coefficient (Wildman–Crippen LogP) is 3.94. The van der Waals surface area contributed by atoms with Gasteiger partial charge in [0, 0.05) is 36.9 Å². The maximum atomic E-state index is 14.8. The summed E-state index contributed by atoms with van der Waals surface area (Å²) in [5.74, 6) is -0.882. The molecule has 3 fully saturated rings. The Morgan fingerprint density at radius 2 is 1.92 bits per heavy atom. The number of piperidine rings is 1. The lowest BCUT2D eigenvalue weighted by Crippen LogP contribution is -2.48. The van der Waals surface area contributed by atoms with E-state index in [9.17, 15) is 32.4 Å². The third-order valence-electron chi connectivity index (χ3n) is 7.72. The minimum Gasteiger partial charge on any atom is -0.444 e. The molecule has 0 radical (unpaired) electrons. The second-order valence-corrected chi connectivity index (χ2v) is 11.3. The van der Waals surface area contributed by atoms with Crippen molar-refractivity contribution in [2.75, 3.05) is 31.1 Å². The molecule has 4 atom stereocenters. The van der Waals surface area contributed by atoms with E-state index < -0.39 is 59.8 Å². The summed E-state index contributed by atoms with van der Waals surface area (Å²) in [4.78, 5) is 32.6. The molecule has 2 amide bonds. The standard InChI is InChI=1S/C26H27F4N5O3/c1-23(2,3)38-22(37)34-10-17(27)18(11-34)33-21(36)24-12-25(24,26(28,29)30)14-35(13-24)19-7-6-15(9-31)20-16(19)5-4-8-32-20/h4-8,17-18H,10-14H2,1-3H3,(H,33,36)/t17-,18-,24+,25+/m1/s1. The highest BCUT2D eigenvalue weighted by atomic mass is 19.4. The van der Waals surface area contributed by atoms with Crippen LogP contribution in [0.4, 0.5) is 28.0 Å². The summed E-state index contributed by atoms with van der Waals surface area (Å²) in [5, 5.41) is 12.4. The molecule has 1 N–H and O–H groups in total. The quantitative estimate of drug-likeness (QED) is 0.601. The van der Waals surface area contributed by atoms with Crippen molar-refractivity contribution in [2.45, 2.75) is 51.2 Å².